The van der Waals surface area contributed by atoms with Crippen molar-refractivity contribution in [2.24, 2.45) is 0 Å². The summed E-state index contributed by atoms with van der Waals surface area (Å²) in [5.41, 5.74) is 0. The fourth-order valence-electron chi connectivity index (χ4n) is 1.14. The number of rotatable bonds is 3. The highest BCUT2D eigenvalue weighted by molar-refractivity contribution is 5.78. The van der Waals surface area contributed by atoms with Crippen LogP contribution in [0.15, 0.2) is 0 Å². The summed E-state index contributed by atoms with van der Waals surface area (Å²) in [7, 11) is 1.56. The van der Waals surface area contributed by atoms with Crippen molar-refractivity contribution in [2.75, 3.05) is 26.8 Å². The summed E-state index contributed by atoms with van der Waals surface area (Å²) in [6.07, 6.45) is -0.927. The van der Waals surface area contributed by atoms with Crippen molar-refractivity contribution in [1.29, 1.82) is 0 Å². The summed E-state index contributed by atoms with van der Waals surface area (Å²) in [6, 6.07) is 0. The second-order valence-electron chi connectivity index (χ2n) is 2.63. The highest BCUT2D eigenvalue weighted by Gasteiger charge is 2.28. The number of ether oxygens (including phenoxy) is 1. The molecule has 1 unspecified atom stereocenters. The molecule has 0 aromatic rings. The molecule has 11 heavy (non-hydrogen) atoms. The van der Waals surface area contributed by atoms with E-state index in [1.54, 1.807) is 7.11 Å². The molecule has 0 aromatic heterocycles. The van der Waals surface area contributed by atoms with E-state index in [2.05, 4.69) is 0 Å². The third kappa shape index (κ3) is 2.15. The predicted octanol–water partition coefficient (Wildman–Crippen LogP) is 0.203. The molecule has 64 valence electrons. The molecule has 0 aromatic carbocycles. The van der Waals surface area contributed by atoms with Gasteiger partial charge in [0.1, 0.15) is 6.17 Å². The summed E-state index contributed by atoms with van der Waals surface area (Å²) < 4.78 is 17.3. The zero-order valence-electron chi connectivity index (χ0n) is 6.55. The lowest BCUT2D eigenvalue weighted by molar-refractivity contribution is -0.128. The first kappa shape index (κ1) is 8.46. The Labute approximate surface area is 65.1 Å². The molecule has 1 fully saturated rings. The van der Waals surface area contributed by atoms with Gasteiger partial charge in [0.25, 0.3) is 0 Å². The van der Waals surface area contributed by atoms with E-state index in [0.717, 1.165) is 0 Å². The molecule has 1 aliphatic heterocycles. The quantitative estimate of drug-likeness (QED) is 0.592. The molecule has 0 bridgehead atoms. The van der Waals surface area contributed by atoms with Crippen LogP contribution in [0.2, 0.25) is 0 Å². The van der Waals surface area contributed by atoms with E-state index in [1.165, 1.54) is 4.90 Å². The normalized spacial score (nSPS) is 24.7. The van der Waals surface area contributed by atoms with Crippen LogP contribution < -0.4 is 0 Å². The van der Waals surface area contributed by atoms with Gasteiger partial charge in [-0.1, -0.05) is 0 Å². The van der Waals surface area contributed by atoms with Crippen LogP contribution in [0.3, 0.4) is 0 Å². The summed E-state index contributed by atoms with van der Waals surface area (Å²) in [5.74, 6) is -0.102. The van der Waals surface area contributed by atoms with Gasteiger partial charge in [-0.15, -0.1) is 0 Å². The minimum atomic E-state index is -0.973. The van der Waals surface area contributed by atoms with E-state index in [4.69, 9.17) is 4.74 Å². The zero-order valence-corrected chi connectivity index (χ0v) is 6.55. The number of hydrogen-bond acceptors (Lipinski definition) is 2. The molecule has 0 radical (unpaired) electrons. The lowest BCUT2D eigenvalue weighted by Crippen LogP contribution is -2.28. The Morgan fingerprint density at radius 2 is 2.55 bits per heavy atom. The predicted molar refractivity (Wildman–Crippen MR) is 38.0 cm³/mol. The topological polar surface area (TPSA) is 29.5 Å². The van der Waals surface area contributed by atoms with Gasteiger partial charge in [-0.2, -0.15) is 0 Å². The molecule has 1 aliphatic rings. The van der Waals surface area contributed by atoms with Gasteiger partial charge < -0.3 is 9.64 Å². The van der Waals surface area contributed by atoms with Gasteiger partial charge in [-0.25, -0.2) is 4.39 Å². The number of amides is 1. The molecular formula is C7H12FNO2. The maximum absolute atomic E-state index is 12.5. The number of carbonyl (C=O) groups excluding carboxylic acids is 1. The lowest BCUT2D eigenvalue weighted by Gasteiger charge is -2.13. The Kier molecular flexibility index (Phi) is 2.82. The number of nitrogens with zero attached hydrogens (tertiary/aromatic N) is 1. The van der Waals surface area contributed by atoms with Gasteiger partial charge in [-0.3, -0.25) is 4.79 Å². The van der Waals surface area contributed by atoms with Crippen molar-refractivity contribution in [3.8, 4) is 0 Å². The first-order valence-corrected chi connectivity index (χ1v) is 3.65. The van der Waals surface area contributed by atoms with Gasteiger partial charge in [0.15, 0.2) is 0 Å². The zero-order chi connectivity index (χ0) is 8.27. The number of halogens is 1. The molecule has 1 heterocycles. The maximum Gasteiger partial charge on any atom is 0.225 e. The van der Waals surface area contributed by atoms with Crippen LogP contribution in [0, 0.1) is 0 Å². The third-order valence-corrected chi connectivity index (χ3v) is 1.73. The number of hydrogen-bond donors (Lipinski definition) is 0. The largest absolute Gasteiger partial charge is 0.383 e. The Morgan fingerprint density at radius 3 is 3.00 bits per heavy atom. The summed E-state index contributed by atoms with van der Waals surface area (Å²) >= 11 is 0. The fraction of sp³-hybridized carbons (Fsp3) is 0.857. The third-order valence-electron chi connectivity index (χ3n) is 1.73. The summed E-state index contributed by atoms with van der Waals surface area (Å²) in [4.78, 5) is 12.4. The van der Waals surface area contributed by atoms with E-state index < -0.39 is 6.17 Å². The van der Waals surface area contributed by atoms with Crippen LogP contribution in [0.5, 0.6) is 0 Å². The first-order chi connectivity index (χ1) is 5.24. The molecule has 3 nitrogen and oxygen atoms in total. The Balaban J connectivity index is 2.29. The van der Waals surface area contributed by atoms with E-state index in [0.29, 0.717) is 13.2 Å². The fourth-order valence-corrected chi connectivity index (χ4v) is 1.14. The molecule has 1 atom stereocenters. The second-order valence-corrected chi connectivity index (χ2v) is 2.63. The minimum Gasteiger partial charge on any atom is -0.383 e. The Hall–Kier alpha value is -0.640. The molecular weight excluding hydrogens is 149 g/mol. The van der Waals surface area contributed by atoms with Crippen molar-refractivity contribution < 1.29 is 13.9 Å². The smallest absolute Gasteiger partial charge is 0.225 e. The Bertz CT molecular complexity index is 151. The summed E-state index contributed by atoms with van der Waals surface area (Å²) in [6.45, 7) is 1.23. The van der Waals surface area contributed by atoms with Crippen molar-refractivity contribution in [1.82, 2.24) is 4.90 Å². The van der Waals surface area contributed by atoms with E-state index in [-0.39, 0.29) is 18.9 Å². The van der Waals surface area contributed by atoms with Crippen molar-refractivity contribution in [3.63, 3.8) is 0 Å². The van der Waals surface area contributed by atoms with Crippen LogP contribution in [0.4, 0.5) is 4.39 Å². The van der Waals surface area contributed by atoms with Gasteiger partial charge in [0.2, 0.25) is 5.91 Å². The second kappa shape index (κ2) is 3.67. The summed E-state index contributed by atoms with van der Waals surface area (Å²) in [5, 5.41) is 0. The van der Waals surface area contributed by atoms with E-state index in [9.17, 15) is 9.18 Å². The molecule has 0 spiro atoms. The van der Waals surface area contributed by atoms with Crippen molar-refractivity contribution in [2.45, 2.75) is 12.6 Å². The number of alkyl halides is 1. The number of carbonyl (C=O) groups is 1. The van der Waals surface area contributed by atoms with Crippen LogP contribution in [-0.2, 0) is 9.53 Å². The highest BCUT2D eigenvalue weighted by Crippen LogP contribution is 2.12. The van der Waals surface area contributed by atoms with Crippen LogP contribution in [-0.4, -0.2) is 43.8 Å². The standard InChI is InChI=1S/C7H12FNO2/c1-11-3-2-9-5-6(8)4-7(9)10/h6H,2-5H2,1H3. The van der Waals surface area contributed by atoms with Crippen molar-refractivity contribution >= 4 is 5.91 Å². The van der Waals surface area contributed by atoms with Crippen LogP contribution >= 0.6 is 0 Å². The monoisotopic (exact) mass is 161 g/mol. The van der Waals surface area contributed by atoms with Crippen molar-refractivity contribution in [3.05, 3.63) is 0 Å². The molecule has 1 rings (SSSR count). The first-order valence-electron chi connectivity index (χ1n) is 3.65. The lowest BCUT2D eigenvalue weighted by atomic mass is 10.3. The van der Waals surface area contributed by atoms with Crippen LogP contribution in [0.25, 0.3) is 0 Å². The Morgan fingerprint density at radius 1 is 1.82 bits per heavy atom. The van der Waals surface area contributed by atoms with E-state index >= 15 is 0 Å². The van der Waals surface area contributed by atoms with Gasteiger partial charge >= 0.3 is 0 Å². The van der Waals surface area contributed by atoms with Crippen LogP contribution in [0.1, 0.15) is 6.42 Å². The number of methoxy groups -OCH3 is 1. The number of likely N-dealkylation sites (tertiary alicyclic amines) is 1. The van der Waals surface area contributed by atoms with E-state index in [1.807, 2.05) is 0 Å². The highest BCUT2D eigenvalue weighted by atomic mass is 19.1. The minimum absolute atomic E-state index is 0.0454. The van der Waals surface area contributed by atoms with Gasteiger partial charge in [0.05, 0.1) is 19.6 Å². The SMILES string of the molecule is COCCN1CC(F)CC1=O. The average molecular weight is 161 g/mol. The molecule has 4 heteroatoms. The molecule has 0 N–H and O–H groups in total. The van der Waals surface area contributed by atoms with Gasteiger partial charge in [0, 0.05) is 13.7 Å². The molecule has 0 saturated carbocycles. The molecule has 0 aliphatic carbocycles. The molecule has 1 amide bonds. The van der Waals surface area contributed by atoms with Gasteiger partial charge in [-0.05, 0) is 0 Å². The average Bonchev–Trinajstić information content (AvgIpc) is 2.26. The maximum atomic E-state index is 12.5. The molecule has 1 saturated heterocycles.